The van der Waals surface area contributed by atoms with E-state index in [2.05, 4.69) is 149 Å². The van der Waals surface area contributed by atoms with Gasteiger partial charge in [0.05, 0.1) is 34.0 Å². The lowest BCUT2D eigenvalue weighted by molar-refractivity contribution is 1.22. The molecule has 4 heteroatoms. The second-order valence-electron chi connectivity index (χ2n) is 13.4. The molecule has 0 aliphatic rings. The zero-order chi connectivity index (χ0) is 35.8. The van der Waals surface area contributed by atoms with Gasteiger partial charge in [-0.2, -0.15) is 0 Å². The highest BCUT2D eigenvalue weighted by Crippen LogP contribution is 2.41. The lowest BCUT2D eigenvalue weighted by Crippen LogP contribution is -1.94. The van der Waals surface area contributed by atoms with Crippen molar-refractivity contribution in [1.82, 2.24) is 19.9 Å². The maximum atomic E-state index is 5.18. The van der Waals surface area contributed by atoms with Crippen molar-refractivity contribution >= 4 is 32.4 Å². The van der Waals surface area contributed by atoms with Gasteiger partial charge in [-0.3, -0.25) is 9.97 Å². The average molecular weight is 689 g/mol. The molecule has 10 rings (SSSR count). The number of fused-ring (bicyclic) bond motifs is 4. The van der Waals surface area contributed by atoms with E-state index < -0.39 is 0 Å². The minimum atomic E-state index is 0.807. The molecule has 4 aromatic heterocycles. The molecule has 54 heavy (non-hydrogen) atoms. The second-order valence-corrected chi connectivity index (χ2v) is 13.4. The van der Waals surface area contributed by atoms with Crippen LogP contribution >= 0.6 is 0 Å². The van der Waals surface area contributed by atoms with Gasteiger partial charge in [-0.1, -0.05) is 127 Å². The van der Waals surface area contributed by atoms with Gasteiger partial charge >= 0.3 is 0 Å². The molecule has 4 nitrogen and oxygen atoms in total. The van der Waals surface area contributed by atoms with Gasteiger partial charge < -0.3 is 0 Å². The van der Waals surface area contributed by atoms with Gasteiger partial charge in [0.2, 0.25) is 0 Å². The molecular formula is C50H32N4. The van der Waals surface area contributed by atoms with Gasteiger partial charge in [-0.05, 0) is 110 Å². The molecule has 0 fully saturated rings. The first kappa shape index (κ1) is 31.4. The van der Waals surface area contributed by atoms with Crippen LogP contribution in [0, 0.1) is 0 Å². The van der Waals surface area contributed by atoms with Crippen molar-refractivity contribution in [3.05, 3.63) is 194 Å². The van der Waals surface area contributed by atoms with Crippen molar-refractivity contribution in [2.75, 3.05) is 0 Å². The fraction of sp³-hybridized carbons (Fsp3) is 0. The normalized spacial score (nSPS) is 11.3. The molecule has 0 N–H and O–H groups in total. The number of hydrogen-bond acceptors (Lipinski definition) is 4. The summed E-state index contributed by atoms with van der Waals surface area (Å²) in [5.74, 6) is 0. The third-order valence-corrected chi connectivity index (χ3v) is 10.2. The monoisotopic (exact) mass is 688 g/mol. The Morgan fingerprint density at radius 3 is 1.54 bits per heavy atom. The summed E-state index contributed by atoms with van der Waals surface area (Å²) in [6, 6.07) is 63.9. The van der Waals surface area contributed by atoms with E-state index in [4.69, 9.17) is 9.97 Å². The average Bonchev–Trinajstić information content (AvgIpc) is 3.26. The molecule has 0 spiro atoms. The van der Waals surface area contributed by atoms with Gasteiger partial charge in [-0.15, -0.1) is 0 Å². The summed E-state index contributed by atoms with van der Waals surface area (Å²) >= 11 is 0. The van der Waals surface area contributed by atoms with E-state index in [1.807, 2.05) is 54.9 Å². The van der Waals surface area contributed by atoms with Gasteiger partial charge in [0.25, 0.3) is 0 Å². The molecule has 0 saturated carbocycles. The van der Waals surface area contributed by atoms with Crippen LogP contribution in [0.2, 0.25) is 0 Å². The van der Waals surface area contributed by atoms with E-state index >= 15 is 0 Å². The summed E-state index contributed by atoms with van der Waals surface area (Å²) in [6.07, 6.45) is 3.62. The van der Waals surface area contributed by atoms with Gasteiger partial charge in [0.1, 0.15) is 0 Å². The predicted molar refractivity (Wildman–Crippen MR) is 223 cm³/mol. The fourth-order valence-electron chi connectivity index (χ4n) is 7.63. The van der Waals surface area contributed by atoms with E-state index in [0.29, 0.717) is 0 Å². The number of benzene rings is 6. The Kier molecular flexibility index (Phi) is 7.77. The van der Waals surface area contributed by atoms with Crippen LogP contribution < -0.4 is 0 Å². The summed E-state index contributed by atoms with van der Waals surface area (Å²) in [5.41, 5.74) is 13.1. The number of nitrogens with zero attached hydrogens (tertiary/aromatic N) is 4. The van der Waals surface area contributed by atoms with E-state index in [1.165, 1.54) is 27.3 Å². The Morgan fingerprint density at radius 2 is 0.870 bits per heavy atom. The van der Waals surface area contributed by atoms with E-state index in [-0.39, 0.29) is 0 Å². The molecule has 4 heterocycles. The fourth-order valence-corrected chi connectivity index (χ4v) is 7.63. The third kappa shape index (κ3) is 5.67. The minimum absolute atomic E-state index is 0.807. The summed E-state index contributed by atoms with van der Waals surface area (Å²) in [7, 11) is 0. The molecule has 0 unspecified atom stereocenters. The van der Waals surface area contributed by atoms with Crippen molar-refractivity contribution in [2.45, 2.75) is 0 Å². The van der Waals surface area contributed by atoms with Crippen LogP contribution in [0.15, 0.2) is 194 Å². The van der Waals surface area contributed by atoms with Crippen LogP contribution in [0.3, 0.4) is 0 Å². The largest absolute Gasteiger partial charge is 0.255 e. The molecule has 0 bridgehead atoms. The van der Waals surface area contributed by atoms with Crippen LogP contribution in [0.1, 0.15) is 0 Å². The Labute approximate surface area is 313 Å². The maximum Gasteiger partial charge on any atom is 0.0900 e. The molecule has 6 aromatic carbocycles. The van der Waals surface area contributed by atoms with E-state index in [9.17, 15) is 0 Å². The lowest BCUT2D eigenvalue weighted by atomic mass is 9.89. The van der Waals surface area contributed by atoms with Gasteiger partial charge in [0.15, 0.2) is 0 Å². The van der Waals surface area contributed by atoms with Crippen LogP contribution in [0.25, 0.3) is 99.9 Å². The predicted octanol–water partition coefficient (Wildman–Crippen LogP) is 12.7. The molecule has 0 aliphatic carbocycles. The quantitative estimate of drug-likeness (QED) is 0.163. The number of rotatable bonds is 6. The van der Waals surface area contributed by atoms with Crippen molar-refractivity contribution < 1.29 is 0 Å². The molecule has 0 aliphatic heterocycles. The van der Waals surface area contributed by atoms with Crippen molar-refractivity contribution in [3.63, 3.8) is 0 Å². The minimum Gasteiger partial charge on any atom is -0.255 e. The summed E-state index contributed by atoms with van der Waals surface area (Å²) in [5, 5.41) is 5.90. The first-order valence-electron chi connectivity index (χ1n) is 18.1. The summed E-state index contributed by atoms with van der Waals surface area (Å²) < 4.78 is 0. The molecule has 10 aromatic rings. The van der Waals surface area contributed by atoms with Crippen molar-refractivity contribution in [2.24, 2.45) is 0 Å². The van der Waals surface area contributed by atoms with E-state index in [0.717, 1.165) is 72.6 Å². The highest BCUT2D eigenvalue weighted by Gasteiger charge is 2.17. The Morgan fingerprint density at radius 1 is 0.296 bits per heavy atom. The van der Waals surface area contributed by atoms with Crippen LogP contribution in [-0.2, 0) is 0 Å². The third-order valence-electron chi connectivity index (χ3n) is 10.2. The molecule has 252 valence electrons. The molecule has 0 amide bonds. The van der Waals surface area contributed by atoms with E-state index in [1.54, 1.807) is 0 Å². The molecule has 0 atom stereocenters. The summed E-state index contributed by atoms with van der Waals surface area (Å²) in [4.78, 5) is 19.5. The van der Waals surface area contributed by atoms with Crippen LogP contribution in [0.4, 0.5) is 0 Å². The summed E-state index contributed by atoms with van der Waals surface area (Å²) in [6.45, 7) is 0. The zero-order valence-electron chi connectivity index (χ0n) is 29.3. The first-order chi connectivity index (χ1) is 26.8. The zero-order valence-corrected chi connectivity index (χ0v) is 29.3. The SMILES string of the molecule is c1ccc(-c2cc(-c3cccc(-c4ccc(-c5cc(-c6ccccn6)nc(-c6ccccn6)c5)c5ccccc45)c3)c3c(ccc4ccccc43)n2)cc1. The Hall–Kier alpha value is -7.30. The smallest absolute Gasteiger partial charge is 0.0900 e. The lowest BCUT2D eigenvalue weighted by Gasteiger charge is -2.16. The topological polar surface area (TPSA) is 51.6 Å². The highest BCUT2D eigenvalue weighted by atomic mass is 14.8. The number of hydrogen-bond donors (Lipinski definition) is 0. The second kappa shape index (κ2) is 13.4. The standard InChI is InChI=1S/C50H32N4/c1-2-14-34(15-3-1)47-32-43(50-40-18-5-4-13-33(40)23-26-46(50)53-47)36-17-12-16-35(29-36)38-24-25-39(42-20-7-6-19-41(38)42)37-30-48(44-21-8-10-27-51-44)54-49(31-37)45-22-9-11-28-52-45/h1-32H. The molecule has 0 radical (unpaired) electrons. The first-order valence-corrected chi connectivity index (χ1v) is 18.1. The maximum absolute atomic E-state index is 5.18. The van der Waals surface area contributed by atoms with Gasteiger partial charge in [0, 0.05) is 23.3 Å². The van der Waals surface area contributed by atoms with Crippen molar-refractivity contribution in [1.29, 1.82) is 0 Å². The van der Waals surface area contributed by atoms with Crippen LogP contribution in [0.5, 0.6) is 0 Å². The van der Waals surface area contributed by atoms with Crippen molar-refractivity contribution in [3.8, 4) is 67.4 Å². The molecular weight excluding hydrogens is 657 g/mol. The molecule has 0 saturated heterocycles. The number of aromatic nitrogens is 4. The number of pyridine rings is 4. The Balaban J connectivity index is 1.15. The highest BCUT2D eigenvalue weighted by molar-refractivity contribution is 6.14. The van der Waals surface area contributed by atoms with Gasteiger partial charge in [-0.25, -0.2) is 9.97 Å². The Bertz CT molecular complexity index is 2920. The van der Waals surface area contributed by atoms with Crippen LogP contribution in [-0.4, -0.2) is 19.9 Å².